The number of hydrogen-bond acceptors (Lipinski definition) is 6. The van der Waals surface area contributed by atoms with Crippen LogP contribution in [0.2, 0.25) is 0 Å². The molecule has 4 rings (SSSR count). The summed E-state index contributed by atoms with van der Waals surface area (Å²) < 4.78 is 6.11. The summed E-state index contributed by atoms with van der Waals surface area (Å²) in [4.78, 5) is 34.6. The maximum Gasteiger partial charge on any atom is 0.322 e. The number of nitrogens with one attached hydrogen (secondary N) is 2. The minimum Gasteiger partial charge on any atom is -0.469 e. The van der Waals surface area contributed by atoms with Gasteiger partial charge in [0.25, 0.3) is 5.91 Å². The normalized spacial score (nSPS) is 20.3. The lowest BCUT2D eigenvalue weighted by Crippen LogP contribution is -2.53. The van der Waals surface area contributed by atoms with E-state index in [9.17, 15) is 9.59 Å². The molecule has 0 unspecified atom stereocenters. The number of urea groups is 1. The molecule has 0 atom stereocenters. The Labute approximate surface area is 228 Å². The van der Waals surface area contributed by atoms with E-state index in [4.69, 9.17) is 4.74 Å². The van der Waals surface area contributed by atoms with E-state index >= 15 is 0 Å². The fraction of sp³-hybridized carbons (Fsp3) is 0.655. The van der Waals surface area contributed by atoms with Crippen LogP contribution in [0.15, 0.2) is 42.3 Å². The second-order valence-corrected chi connectivity index (χ2v) is 10.4. The third kappa shape index (κ3) is 7.63. The van der Waals surface area contributed by atoms with E-state index in [1.807, 2.05) is 47.1 Å². The number of amides is 3. The smallest absolute Gasteiger partial charge is 0.322 e. The minimum absolute atomic E-state index is 0.0518. The molecule has 1 aromatic carbocycles. The predicted molar refractivity (Wildman–Crippen MR) is 151 cm³/mol. The van der Waals surface area contributed by atoms with Gasteiger partial charge in [-0.1, -0.05) is 25.1 Å². The highest BCUT2D eigenvalue weighted by atomic mass is 16.5. The van der Waals surface area contributed by atoms with Gasteiger partial charge in [-0.15, -0.1) is 0 Å². The largest absolute Gasteiger partial charge is 0.469 e. The Balaban J connectivity index is 1.22. The van der Waals surface area contributed by atoms with Gasteiger partial charge in [-0.25, -0.2) is 4.79 Å². The molecule has 2 N–H and O–H groups in total. The highest BCUT2D eigenvalue weighted by Gasteiger charge is 2.30. The first-order valence-corrected chi connectivity index (χ1v) is 14.5. The summed E-state index contributed by atoms with van der Waals surface area (Å²) in [6.45, 7) is 12.4. The highest BCUT2D eigenvalue weighted by Crippen LogP contribution is 2.23. The van der Waals surface area contributed by atoms with Gasteiger partial charge in [-0.3, -0.25) is 9.69 Å². The van der Waals surface area contributed by atoms with Gasteiger partial charge in [0.15, 0.2) is 12.5 Å². The molecule has 3 heterocycles. The lowest BCUT2D eigenvalue weighted by molar-refractivity contribution is -0.137. The number of hydrogen-bond donors (Lipinski definition) is 2. The molecule has 3 aliphatic rings. The van der Waals surface area contributed by atoms with Gasteiger partial charge >= 0.3 is 6.03 Å². The third-order valence-corrected chi connectivity index (χ3v) is 8.05. The number of nitrogens with zero attached hydrogens (tertiary/aromatic N) is 4. The molecule has 0 bridgehead atoms. The number of anilines is 1. The van der Waals surface area contributed by atoms with Crippen LogP contribution in [0.1, 0.15) is 46.0 Å². The van der Waals surface area contributed by atoms with Crippen molar-refractivity contribution >= 4 is 17.6 Å². The van der Waals surface area contributed by atoms with Crippen molar-refractivity contribution in [3.63, 3.8) is 0 Å². The second-order valence-electron chi connectivity index (χ2n) is 10.4. The van der Waals surface area contributed by atoms with E-state index in [2.05, 4.69) is 33.4 Å². The number of ether oxygens (including phenoxy) is 1. The van der Waals surface area contributed by atoms with Crippen molar-refractivity contribution in [2.45, 2.75) is 58.0 Å². The molecule has 3 amide bonds. The molecule has 3 aliphatic heterocycles. The van der Waals surface area contributed by atoms with Gasteiger partial charge in [-0.2, -0.15) is 0 Å². The summed E-state index contributed by atoms with van der Waals surface area (Å²) in [6.07, 6.45) is 6.75. The quantitative estimate of drug-likeness (QED) is 0.481. The average molecular weight is 527 g/mol. The monoisotopic (exact) mass is 526 g/mol. The standard InChI is InChI=1S/C29H46N6O3/c1-3-8-28(38-23-27(36)33-17-11-25(12-18-33)32-21-15-30-16-22-32)34-19-13-26(14-20-34)35(4-2)29(37)31-24-9-6-5-7-10-24/h5-10,25-26,30H,3-4,11-23H2,1-2H3,(H,31,37)/b28-8+. The summed E-state index contributed by atoms with van der Waals surface area (Å²) in [5, 5.41) is 6.44. The first-order valence-electron chi connectivity index (χ1n) is 14.5. The number of benzene rings is 1. The molecule has 3 saturated heterocycles. The molecule has 0 spiro atoms. The Bertz CT molecular complexity index is 904. The molecule has 9 nitrogen and oxygen atoms in total. The fourth-order valence-electron chi connectivity index (χ4n) is 5.89. The van der Waals surface area contributed by atoms with E-state index < -0.39 is 0 Å². The van der Waals surface area contributed by atoms with Crippen LogP contribution < -0.4 is 10.6 Å². The summed E-state index contributed by atoms with van der Waals surface area (Å²) in [6, 6.07) is 10.3. The van der Waals surface area contributed by atoms with Gasteiger partial charge in [0.1, 0.15) is 0 Å². The first kappa shape index (κ1) is 28.2. The van der Waals surface area contributed by atoms with Crippen LogP contribution in [0, 0.1) is 0 Å². The van der Waals surface area contributed by atoms with Crippen LogP contribution in [-0.4, -0.2) is 109 Å². The molecule has 0 saturated carbocycles. The summed E-state index contributed by atoms with van der Waals surface area (Å²) in [5.74, 6) is 0.877. The van der Waals surface area contributed by atoms with Crippen molar-refractivity contribution in [3.05, 3.63) is 42.3 Å². The molecule has 9 heteroatoms. The number of piperazine rings is 1. The van der Waals surface area contributed by atoms with Crippen molar-refractivity contribution in [2.75, 3.05) is 70.8 Å². The number of allylic oxidation sites excluding steroid dienone is 1. The minimum atomic E-state index is -0.0518. The van der Waals surface area contributed by atoms with Crippen molar-refractivity contribution in [2.24, 2.45) is 0 Å². The van der Waals surface area contributed by atoms with E-state index in [1.54, 1.807) is 0 Å². The van der Waals surface area contributed by atoms with Crippen molar-refractivity contribution in [1.29, 1.82) is 0 Å². The maximum absolute atomic E-state index is 13.0. The summed E-state index contributed by atoms with van der Waals surface area (Å²) >= 11 is 0. The molecule has 0 aromatic heterocycles. The van der Waals surface area contributed by atoms with E-state index in [1.165, 1.54) is 0 Å². The number of rotatable bonds is 9. The van der Waals surface area contributed by atoms with Crippen molar-refractivity contribution in [1.82, 2.24) is 24.9 Å². The van der Waals surface area contributed by atoms with Gasteiger partial charge in [-0.05, 0) is 57.2 Å². The second kappa shape index (κ2) is 14.4. The highest BCUT2D eigenvalue weighted by molar-refractivity contribution is 5.89. The Morgan fingerprint density at radius 1 is 0.974 bits per heavy atom. The van der Waals surface area contributed by atoms with Crippen molar-refractivity contribution in [3.8, 4) is 0 Å². The zero-order valence-corrected chi connectivity index (χ0v) is 23.2. The molecule has 1 aromatic rings. The van der Waals surface area contributed by atoms with Crippen LogP contribution >= 0.6 is 0 Å². The molecule has 210 valence electrons. The first-order chi connectivity index (χ1) is 18.6. The van der Waals surface area contributed by atoms with E-state index in [0.717, 1.165) is 96.0 Å². The lowest BCUT2D eigenvalue weighted by Gasteiger charge is -2.41. The Morgan fingerprint density at radius 3 is 2.26 bits per heavy atom. The molecular weight excluding hydrogens is 480 g/mol. The Morgan fingerprint density at radius 2 is 1.63 bits per heavy atom. The average Bonchev–Trinajstić information content (AvgIpc) is 2.97. The predicted octanol–water partition coefficient (Wildman–Crippen LogP) is 3.17. The van der Waals surface area contributed by atoms with Gasteiger partial charge in [0.05, 0.1) is 0 Å². The topological polar surface area (TPSA) is 80.4 Å². The van der Waals surface area contributed by atoms with Gasteiger partial charge in [0, 0.05) is 76.7 Å². The summed E-state index contributed by atoms with van der Waals surface area (Å²) in [7, 11) is 0. The van der Waals surface area contributed by atoms with Crippen LogP contribution in [0.5, 0.6) is 0 Å². The van der Waals surface area contributed by atoms with Crippen LogP contribution in [0.3, 0.4) is 0 Å². The molecule has 0 radical (unpaired) electrons. The Kier molecular flexibility index (Phi) is 10.7. The molecule has 3 fully saturated rings. The van der Waals surface area contributed by atoms with E-state index in [-0.39, 0.29) is 24.6 Å². The summed E-state index contributed by atoms with van der Waals surface area (Å²) in [5.41, 5.74) is 0.813. The maximum atomic E-state index is 13.0. The number of para-hydroxylation sites is 1. The fourth-order valence-corrected chi connectivity index (χ4v) is 5.89. The van der Waals surface area contributed by atoms with Crippen molar-refractivity contribution < 1.29 is 14.3 Å². The lowest BCUT2D eigenvalue weighted by atomic mass is 10.0. The van der Waals surface area contributed by atoms with Gasteiger partial charge in [0.2, 0.25) is 0 Å². The SMILES string of the molecule is CC/C=C(/OCC(=O)N1CCC(N2CCNCC2)CC1)N1CCC(N(CC)C(=O)Nc2ccccc2)CC1. The zero-order chi connectivity index (χ0) is 26.7. The number of piperidine rings is 2. The molecular formula is C29H46N6O3. The number of carbonyl (C=O) groups excluding carboxylic acids is 2. The third-order valence-electron chi connectivity index (χ3n) is 8.05. The van der Waals surface area contributed by atoms with Crippen LogP contribution in [0.25, 0.3) is 0 Å². The molecule has 0 aliphatic carbocycles. The Hall–Kier alpha value is -2.78. The zero-order valence-electron chi connectivity index (χ0n) is 23.2. The number of likely N-dealkylation sites (tertiary alicyclic amines) is 2. The van der Waals surface area contributed by atoms with Crippen LogP contribution in [0.4, 0.5) is 10.5 Å². The molecule has 38 heavy (non-hydrogen) atoms. The van der Waals surface area contributed by atoms with Gasteiger partial charge < -0.3 is 30.1 Å². The number of carbonyl (C=O) groups is 2. The van der Waals surface area contributed by atoms with E-state index in [0.29, 0.717) is 12.6 Å². The van der Waals surface area contributed by atoms with Crippen LogP contribution in [-0.2, 0) is 9.53 Å².